The molecule has 0 unspecified atom stereocenters. The number of anilines is 3. The average molecular weight is 425 g/mol. The van der Waals surface area contributed by atoms with E-state index in [0.717, 1.165) is 5.56 Å². The molecular formula is C19H22F3N5O3. The van der Waals surface area contributed by atoms with Crippen LogP contribution in [0.3, 0.4) is 0 Å². The summed E-state index contributed by atoms with van der Waals surface area (Å²) in [5.74, 6) is 0.0390. The molecule has 1 aliphatic rings. The molecule has 2 heterocycles. The Bertz CT molecular complexity index is 901. The van der Waals surface area contributed by atoms with Crippen molar-refractivity contribution in [3.63, 3.8) is 0 Å². The lowest BCUT2D eigenvalue weighted by Gasteiger charge is -2.27. The van der Waals surface area contributed by atoms with Crippen LogP contribution in [0.15, 0.2) is 24.4 Å². The minimum atomic E-state index is -4.57. The number of ether oxygens (including phenoxy) is 2. The maximum absolute atomic E-state index is 13.0. The van der Waals surface area contributed by atoms with Crippen LogP contribution >= 0.6 is 0 Å². The van der Waals surface area contributed by atoms with Crippen LogP contribution in [-0.2, 0) is 22.1 Å². The zero-order valence-corrected chi connectivity index (χ0v) is 16.5. The number of hydrogen-bond acceptors (Lipinski definition) is 7. The van der Waals surface area contributed by atoms with E-state index in [1.165, 1.54) is 14.2 Å². The number of benzene rings is 1. The van der Waals surface area contributed by atoms with Gasteiger partial charge >= 0.3 is 6.18 Å². The lowest BCUT2D eigenvalue weighted by molar-refractivity contribution is -0.137. The van der Waals surface area contributed by atoms with Gasteiger partial charge in [0.15, 0.2) is 0 Å². The second kappa shape index (κ2) is 9.16. The normalized spacial score (nSPS) is 14.4. The first kappa shape index (κ1) is 21.6. The lowest BCUT2D eigenvalue weighted by atomic mass is 10.1. The maximum atomic E-state index is 13.0. The van der Waals surface area contributed by atoms with E-state index in [1.807, 2.05) is 0 Å². The first-order chi connectivity index (χ1) is 14.3. The third kappa shape index (κ3) is 5.09. The summed E-state index contributed by atoms with van der Waals surface area (Å²) in [5, 5.41) is 5.28. The van der Waals surface area contributed by atoms with E-state index < -0.39 is 11.7 Å². The van der Waals surface area contributed by atoms with Crippen molar-refractivity contribution in [1.82, 2.24) is 14.9 Å². The van der Waals surface area contributed by atoms with Gasteiger partial charge in [-0.2, -0.15) is 18.2 Å². The smallest absolute Gasteiger partial charge is 0.421 e. The standard InChI is InChI=1S/C19H22F3N5O3/c1-23-17-13(19(20,21)22)11-24-18(26-17)25-14-4-3-12(9-15(14)29-2)10-16(28)27-5-7-30-8-6-27/h3-4,9,11H,5-8,10H2,1-2H3,(H2,23,24,25,26). The summed E-state index contributed by atoms with van der Waals surface area (Å²) in [4.78, 5) is 21.8. The number of aromatic nitrogens is 2. The van der Waals surface area contributed by atoms with E-state index >= 15 is 0 Å². The number of morpholine rings is 1. The molecule has 1 aliphatic heterocycles. The van der Waals surface area contributed by atoms with Crippen LogP contribution < -0.4 is 15.4 Å². The molecule has 0 saturated carbocycles. The van der Waals surface area contributed by atoms with Gasteiger partial charge in [-0.05, 0) is 17.7 Å². The molecule has 1 amide bonds. The maximum Gasteiger partial charge on any atom is 0.421 e. The van der Waals surface area contributed by atoms with Crippen molar-refractivity contribution in [3.8, 4) is 5.75 Å². The van der Waals surface area contributed by atoms with Gasteiger partial charge < -0.3 is 25.0 Å². The fourth-order valence-corrected chi connectivity index (χ4v) is 3.01. The molecule has 11 heteroatoms. The van der Waals surface area contributed by atoms with Gasteiger partial charge in [0.25, 0.3) is 0 Å². The Morgan fingerprint density at radius 2 is 2.03 bits per heavy atom. The highest BCUT2D eigenvalue weighted by molar-refractivity contribution is 5.79. The van der Waals surface area contributed by atoms with Crippen LogP contribution in [0.1, 0.15) is 11.1 Å². The van der Waals surface area contributed by atoms with Crippen molar-refractivity contribution in [2.45, 2.75) is 12.6 Å². The van der Waals surface area contributed by atoms with Gasteiger partial charge in [-0.25, -0.2) is 4.98 Å². The zero-order chi connectivity index (χ0) is 21.7. The third-order valence-electron chi connectivity index (χ3n) is 4.56. The van der Waals surface area contributed by atoms with Gasteiger partial charge in [0.2, 0.25) is 11.9 Å². The summed E-state index contributed by atoms with van der Waals surface area (Å²) < 4.78 is 49.6. The van der Waals surface area contributed by atoms with Crippen molar-refractivity contribution >= 4 is 23.4 Å². The Morgan fingerprint density at radius 3 is 2.67 bits per heavy atom. The summed E-state index contributed by atoms with van der Waals surface area (Å²) >= 11 is 0. The van der Waals surface area contributed by atoms with E-state index in [4.69, 9.17) is 9.47 Å². The molecule has 1 aromatic carbocycles. The number of hydrogen-bond donors (Lipinski definition) is 2. The van der Waals surface area contributed by atoms with Crippen LogP contribution in [0.4, 0.5) is 30.6 Å². The molecule has 162 valence electrons. The topological polar surface area (TPSA) is 88.6 Å². The van der Waals surface area contributed by atoms with Crippen LogP contribution in [-0.4, -0.2) is 61.2 Å². The quantitative estimate of drug-likeness (QED) is 0.736. The Morgan fingerprint density at radius 1 is 1.30 bits per heavy atom. The Hall–Kier alpha value is -3.08. The predicted molar refractivity (Wildman–Crippen MR) is 104 cm³/mol. The Labute approximate surface area is 171 Å². The number of nitrogens with one attached hydrogen (secondary N) is 2. The fourth-order valence-electron chi connectivity index (χ4n) is 3.01. The largest absolute Gasteiger partial charge is 0.495 e. The first-order valence-corrected chi connectivity index (χ1v) is 9.23. The highest BCUT2D eigenvalue weighted by Crippen LogP contribution is 2.34. The zero-order valence-electron chi connectivity index (χ0n) is 16.5. The molecule has 3 rings (SSSR count). The molecule has 0 bridgehead atoms. The second-order valence-corrected chi connectivity index (χ2v) is 6.53. The highest BCUT2D eigenvalue weighted by Gasteiger charge is 2.35. The van der Waals surface area contributed by atoms with Crippen molar-refractivity contribution in [3.05, 3.63) is 35.5 Å². The molecule has 1 aromatic heterocycles. The molecule has 30 heavy (non-hydrogen) atoms. The van der Waals surface area contributed by atoms with Gasteiger partial charge in [0, 0.05) is 26.3 Å². The third-order valence-corrected chi connectivity index (χ3v) is 4.56. The summed E-state index contributed by atoms with van der Waals surface area (Å²) in [5.41, 5.74) is 0.250. The van der Waals surface area contributed by atoms with Crippen LogP contribution in [0.25, 0.3) is 0 Å². The number of rotatable bonds is 6. The molecule has 0 atom stereocenters. The Kier molecular flexibility index (Phi) is 6.60. The van der Waals surface area contributed by atoms with Crippen molar-refractivity contribution < 1.29 is 27.4 Å². The number of halogens is 3. The molecule has 0 aliphatic carbocycles. The molecule has 0 spiro atoms. The van der Waals surface area contributed by atoms with E-state index in [1.54, 1.807) is 23.1 Å². The lowest BCUT2D eigenvalue weighted by Crippen LogP contribution is -2.41. The minimum absolute atomic E-state index is 0.00852. The molecule has 2 N–H and O–H groups in total. The van der Waals surface area contributed by atoms with Gasteiger partial charge in [0.1, 0.15) is 17.1 Å². The molecule has 1 fully saturated rings. The highest BCUT2D eigenvalue weighted by atomic mass is 19.4. The number of nitrogens with zero attached hydrogens (tertiary/aromatic N) is 3. The van der Waals surface area contributed by atoms with Gasteiger partial charge in [0.05, 0.1) is 32.4 Å². The minimum Gasteiger partial charge on any atom is -0.495 e. The predicted octanol–water partition coefficient (Wildman–Crippen LogP) is 2.69. The van der Waals surface area contributed by atoms with E-state index in [-0.39, 0.29) is 24.1 Å². The van der Waals surface area contributed by atoms with Gasteiger partial charge in [-0.1, -0.05) is 6.07 Å². The number of amides is 1. The van der Waals surface area contributed by atoms with E-state index in [2.05, 4.69) is 20.6 Å². The van der Waals surface area contributed by atoms with Crippen molar-refractivity contribution in [2.24, 2.45) is 0 Å². The number of alkyl halides is 3. The SMILES string of the molecule is CNc1nc(Nc2ccc(CC(=O)N3CCOCC3)cc2OC)ncc1C(F)(F)F. The fraction of sp³-hybridized carbons (Fsp3) is 0.421. The monoisotopic (exact) mass is 425 g/mol. The van der Waals surface area contributed by atoms with Gasteiger partial charge in [-0.15, -0.1) is 0 Å². The summed E-state index contributed by atoms with van der Waals surface area (Å²) in [6, 6.07) is 5.11. The first-order valence-electron chi connectivity index (χ1n) is 9.23. The van der Waals surface area contributed by atoms with Crippen molar-refractivity contribution in [1.29, 1.82) is 0 Å². The summed E-state index contributed by atoms with van der Waals surface area (Å²) in [6.45, 7) is 2.18. The molecule has 0 radical (unpaired) electrons. The van der Waals surface area contributed by atoms with Crippen LogP contribution in [0.2, 0.25) is 0 Å². The summed E-state index contributed by atoms with van der Waals surface area (Å²) in [6.07, 6.45) is -3.65. The van der Waals surface area contributed by atoms with E-state index in [0.29, 0.717) is 43.9 Å². The molecule has 1 saturated heterocycles. The second-order valence-electron chi connectivity index (χ2n) is 6.53. The van der Waals surface area contributed by atoms with Gasteiger partial charge in [-0.3, -0.25) is 4.79 Å². The van der Waals surface area contributed by atoms with Crippen LogP contribution in [0.5, 0.6) is 5.75 Å². The number of carbonyl (C=O) groups is 1. The van der Waals surface area contributed by atoms with Crippen molar-refractivity contribution in [2.75, 3.05) is 51.1 Å². The number of carbonyl (C=O) groups excluding carboxylic acids is 1. The number of methoxy groups -OCH3 is 1. The van der Waals surface area contributed by atoms with Crippen LogP contribution in [0, 0.1) is 0 Å². The summed E-state index contributed by atoms with van der Waals surface area (Å²) in [7, 11) is 2.81. The molecule has 2 aromatic rings. The molecular weight excluding hydrogens is 403 g/mol. The average Bonchev–Trinajstić information content (AvgIpc) is 2.74. The van der Waals surface area contributed by atoms with E-state index in [9.17, 15) is 18.0 Å². The Balaban J connectivity index is 1.76. The molecule has 8 nitrogen and oxygen atoms in total.